The van der Waals surface area contributed by atoms with Crippen LogP contribution in [0.3, 0.4) is 0 Å². The van der Waals surface area contributed by atoms with Crippen LogP contribution in [-0.4, -0.2) is 19.0 Å². The van der Waals surface area contributed by atoms with Crippen molar-refractivity contribution in [3.05, 3.63) is 55.1 Å². The molecule has 0 radical (unpaired) electrons. The molecule has 0 N–H and O–H groups in total. The summed E-state index contributed by atoms with van der Waals surface area (Å²) >= 11 is 0. The Balaban J connectivity index is 0.00000106. The van der Waals surface area contributed by atoms with E-state index >= 15 is 0 Å². The van der Waals surface area contributed by atoms with Crippen LogP contribution in [0.5, 0.6) is 0 Å². The molecule has 1 aromatic carbocycles. The van der Waals surface area contributed by atoms with E-state index in [1.807, 2.05) is 43.3 Å². The van der Waals surface area contributed by atoms with Crippen molar-refractivity contribution in [2.45, 2.75) is 6.92 Å². The number of carbonyl (C=O) groups is 1. The predicted molar refractivity (Wildman–Crippen MR) is 70.8 cm³/mol. The average molecular weight is 215 g/mol. The Hall–Kier alpha value is -1.96. The van der Waals surface area contributed by atoms with Crippen LogP contribution in [0, 0.1) is 0 Å². The molecular weight excluding hydrogens is 198 g/mol. The molecule has 0 heterocycles. The minimum absolute atomic E-state index is 0.485. The molecule has 0 spiro atoms. The molecule has 0 aliphatic rings. The van der Waals surface area contributed by atoms with Crippen LogP contribution in [0.15, 0.2) is 54.6 Å². The van der Waals surface area contributed by atoms with Crippen molar-refractivity contribution in [1.82, 2.24) is 0 Å². The van der Waals surface area contributed by atoms with Crippen molar-refractivity contribution in [3.63, 3.8) is 0 Å². The van der Waals surface area contributed by atoms with Crippen molar-refractivity contribution in [2.75, 3.05) is 7.05 Å². The quantitative estimate of drug-likeness (QED) is 0.432. The van der Waals surface area contributed by atoms with Gasteiger partial charge in [-0.3, -0.25) is 9.79 Å². The Labute approximate surface area is 97.0 Å². The minimum Gasteiger partial charge on any atom is -0.296 e. The second-order valence-electron chi connectivity index (χ2n) is 2.80. The van der Waals surface area contributed by atoms with Gasteiger partial charge in [-0.25, -0.2) is 0 Å². The third kappa shape index (κ3) is 3.65. The molecule has 0 unspecified atom stereocenters. The van der Waals surface area contributed by atoms with E-state index in [0.29, 0.717) is 5.71 Å². The molecule has 2 nitrogen and oxygen atoms in total. The van der Waals surface area contributed by atoms with Gasteiger partial charge in [0.1, 0.15) is 5.71 Å². The summed E-state index contributed by atoms with van der Waals surface area (Å²) in [7, 11) is 1.62. The SMILES string of the molecule is C/C=C(\C(C=O)=NC)c1ccccc1.C=C. The van der Waals surface area contributed by atoms with Crippen molar-refractivity contribution in [2.24, 2.45) is 4.99 Å². The van der Waals surface area contributed by atoms with Crippen molar-refractivity contribution in [3.8, 4) is 0 Å². The highest BCUT2D eigenvalue weighted by Gasteiger charge is 2.05. The number of hydrogen-bond acceptors (Lipinski definition) is 2. The van der Waals surface area contributed by atoms with E-state index in [1.165, 1.54) is 0 Å². The average Bonchev–Trinajstić information content (AvgIpc) is 2.39. The van der Waals surface area contributed by atoms with Crippen LogP contribution in [0.1, 0.15) is 12.5 Å². The van der Waals surface area contributed by atoms with Crippen molar-refractivity contribution >= 4 is 17.6 Å². The first-order chi connectivity index (χ1) is 7.83. The molecule has 1 rings (SSSR count). The highest BCUT2D eigenvalue weighted by atomic mass is 16.1. The fourth-order valence-electron chi connectivity index (χ4n) is 1.32. The summed E-state index contributed by atoms with van der Waals surface area (Å²) in [5.74, 6) is 0. The molecule has 16 heavy (non-hydrogen) atoms. The van der Waals surface area contributed by atoms with E-state index in [4.69, 9.17) is 0 Å². The van der Waals surface area contributed by atoms with Gasteiger partial charge in [0.15, 0.2) is 6.29 Å². The zero-order valence-electron chi connectivity index (χ0n) is 9.81. The van der Waals surface area contributed by atoms with Crippen LogP contribution in [0.4, 0.5) is 0 Å². The number of carbonyl (C=O) groups excluding carboxylic acids is 1. The zero-order chi connectivity index (χ0) is 12.4. The van der Waals surface area contributed by atoms with Crippen LogP contribution in [0.2, 0.25) is 0 Å². The van der Waals surface area contributed by atoms with E-state index in [1.54, 1.807) is 7.05 Å². The molecule has 0 amide bonds. The van der Waals surface area contributed by atoms with Gasteiger partial charge in [0.25, 0.3) is 0 Å². The molecule has 0 saturated carbocycles. The molecule has 0 atom stereocenters. The standard InChI is InChI=1S/C12H13NO.C2H4/c1-3-11(12(9-14)13-2)10-7-5-4-6-8-10;1-2/h3-9H,1-2H3;1-2H2/b11-3-,13-12?;. The first kappa shape index (κ1) is 14.0. The van der Waals surface area contributed by atoms with Gasteiger partial charge >= 0.3 is 0 Å². The lowest BCUT2D eigenvalue weighted by Gasteiger charge is -2.04. The predicted octanol–water partition coefficient (Wildman–Crippen LogP) is 3.16. The Morgan fingerprint density at radius 3 is 2.19 bits per heavy atom. The number of hydrogen-bond donors (Lipinski definition) is 0. The lowest BCUT2D eigenvalue weighted by atomic mass is 10.0. The molecule has 0 aliphatic heterocycles. The van der Waals surface area contributed by atoms with Crippen LogP contribution < -0.4 is 0 Å². The molecule has 0 bridgehead atoms. The lowest BCUT2D eigenvalue weighted by molar-refractivity contribution is -0.102. The number of aliphatic imine (C=N–C) groups is 1. The normalized spacial score (nSPS) is 11.4. The fraction of sp³-hybridized carbons (Fsp3) is 0.143. The molecule has 2 heteroatoms. The highest BCUT2D eigenvalue weighted by molar-refractivity contribution is 6.48. The van der Waals surface area contributed by atoms with Crippen LogP contribution >= 0.6 is 0 Å². The molecule has 1 aromatic rings. The van der Waals surface area contributed by atoms with Crippen LogP contribution in [-0.2, 0) is 4.79 Å². The maximum absolute atomic E-state index is 10.7. The second kappa shape index (κ2) is 8.36. The fourth-order valence-corrected chi connectivity index (χ4v) is 1.32. The van der Waals surface area contributed by atoms with E-state index in [-0.39, 0.29) is 0 Å². The zero-order valence-corrected chi connectivity index (χ0v) is 9.81. The van der Waals surface area contributed by atoms with Gasteiger partial charge in [-0.1, -0.05) is 36.4 Å². The molecular formula is C14H17NO. The third-order valence-electron chi connectivity index (χ3n) is 2.00. The van der Waals surface area contributed by atoms with E-state index in [0.717, 1.165) is 17.4 Å². The number of nitrogens with zero attached hydrogens (tertiary/aromatic N) is 1. The van der Waals surface area contributed by atoms with E-state index in [9.17, 15) is 4.79 Å². The molecule has 84 valence electrons. The Bertz CT molecular complexity index is 377. The van der Waals surface area contributed by atoms with Gasteiger partial charge in [0, 0.05) is 12.6 Å². The van der Waals surface area contributed by atoms with Crippen LogP contribution in [0.25, 0.3) is 5.57 Å². The number of benzene rings is 1. The maximum Gasteiger partial charge on any atom is 0.168 e. The smallest absolute Gasteiger partial charge is 0.168 e. The summed E-state index contributed by atoms with van der Waals surface area (Å²) in [6.07, 6.45) is 2.68. The first-order valence-corrected chi connectivity index (χ1v) is 4.97. The minimum atomic E-state index is 0.485. The maximum atomic E-state index is 10.7. The summed E-state index contributed by atoms with van der Waals surface area (Å²) in [5, 5.41) is 0. The largest absolute Gasteiger partial charge is 0.296 e. The Morgan fingerprint density at radius 1 is 1.25 bits per heavy atom. The van der Waals surface area contributed by atoms with Gasteiger partial charge in [0.05, 0.1) is 0 Å². The first-order valence-electron chi connectivity index (χ1n) is 4.97. The summed E-state index contributed by atoms with van der Waals surface area (Å²) < 4.78 is 0. The Kier molecular flexibility index (Phi) is 7.33. The second-order valence-corrected chi connectivity index (χ2v) is 2.80. The summed E-state index contributed by atoms with van der Waals surface area (Å²) in [6.45, 7) is 7.90. The number of rotatable bonds is 3. The summed E-state index contributed by atoms with van der Waals surface area (Å²) in [4.78, 5) is 14.7. The summed E-state index contributed by atoms with van der Waals surface area (Å²) in [6, 6.07) is 9.75. The summed E-state index contributed by atoms with van der Waals surface area (Å²) in [5.41, 5.74) is 2.38. The Morgan fingerprint density at radius 2 is 1.81 bits per heavy atom. The number of aldehydes is 1. The molecule has 0 aliphatic carbocycles. The van der Waals surface area contributed by atoms with Gasteiger partial charge in [-0.15, -0.1) is 13.2 Å². The third-order valence-corrected chi connectivity index (χ3v) is 2.00. The number of allylic oxidation sites excluding steroid dienone is 2. The monoisotopic (exact) mass is 215 g/mol. The topological polar surface area (TPSA) is 29.4 Å². The van der Waals surface area contributed by atoms with Gasteiger partial charge in [0.2, 0.25) is 0 Å². The van der Waals surface area contributed by atoms with Gasteiger partial charge < -0.3 is 0 Å². The molecule has 0 aromatic heterocycles. The van der Waals surface area contributed by atoms with Gasteiger partial charge in [-0.2, -0.15) is 0 Å². The molecule has 0 fully saturated rings. The highest BCUT2D eigenvalue weighted by Crippen LogP contribution is 2.14. The van der Waals surface area contributed by atoms with E-state index in [2.05, 4.69) is 18.2 Å². The van der Waals surface area contributed by atoms with Crippen molar-refractivity contribution < 1.29 is 4.79 Å². The lowest BCUT2D eigenvalue weighted by Crippen LogP contribution is -2.03. The van der Waals surface area contributed by atoms with Crippen molar-refractivity contribution in [1.29, 1.82) is 0 Å². The van der Waals surface area contributed by atoms with Gasteiger partial charge in [-0.05, 0) is 12.5 Å². The molecule has 0 saturated heterocycles. The van der Waals surface area contributed by atoms with E-state index < -0.39 is 0 Å².